The zero-order valence-electron chi connectivity index (χ0n) is 13.7. The van der Waals surface area contributed by atoms with Crippen molar-refractivity contribution in [3.8, 4) is 10.8 Å². The van der Waals surface area contributed by atoms with Crippen LogP contribution in [0, 0.1) is 10.8 Å². The molecule has 0 aromatic carbocycles. The summed E-state index contributed by atoms with van der Waals surface area (Å²) in [6.45, 7) is 15.7. The zero-order chi connectivity index (χ0) is 15.6. The first-order chi connectivity index (χ1) is 8.98. The van der Waals surface area contributed by atoms with Crippen molar-refractivity contribution in [1.82, 2.24) is 0 Å². The van der Waals surface area contributed by atoms with Crippen molar-refractivity contribution in [2.24, 2.45) is 0 Å². The third-order valence-electron chi connectivity index (χ3n) is 4.07. The van der Waals surface area contributed by atoms with Crippen molar-refractivity contribution in [3.05, 3.63) is 0 Å². The molecule has 1 rings (SSSR count). The fourth-order valence-corrected chi connectivity index (χ4v) is 3.35. The van der Waals surface area contributed by atoms with E-state index in [0.717, 1.165) is 0 Å². The Hall–Kier alpha value is 0.137. The van der Waals surface area contributed by atoms with Crippen LogP contribution in [-0.2, 0) is 13.9 Å². The SMILES string of the molecule is CC1(C)OC[C@H]([C@H](CC#CBr)O[Si](C)(C)C(C)(C)C)O1. The molecule has 2 atom stereocenters. The van der Waals surface area contributed by atoms with Gasteiger partial charge in [0, 0.05) is 22.4 Å². The van der Waals surface area contributed by atoms with Crippen LogP contribution in [0.15, 0.2) is 0 Å². The lowest BCUT2D eigenvalue weighted by atomic mass is 10.1. The first kappa shape index (κ1) is 18.2. The molecule has 0 aliphatic carbocycles. The molecule has 1 fully saturated rings. The van der Waals surface area contributed by atoms with Crippen LogP contribution in [0.2, 0.25) is 18.1 Å². The van der Waals surface area contributed by atoms with E-state index in [2.05, 4.69) is 60.5 Å². The predicted molar refractivity (Wildman–Crippen MR) is 88.3 cm³/mol. The van der Waals surface area contributed by atoms with E-state index in [9.17, 15) is 0 Å². The van der Waals surface area contributed by atoms with E-state index in [4.69, 9.17) is 13.9 Å². The molecule has 0 N–H and O–H groups in total. The Morgan fingerprint density at radius 1 is 1.40 bits per heavy atom. The van der Waals surface area contributed by atoms with Crippen molar-refractivity contribution in [2.75, 3.05) is 6.61 Å². The summed E-state index contributed by atoms with van der Waals surface area (Å²) in [5.74, 6) is 2.53. The van der Waals surface area contributed by atoms with E-state index in [1.54, 1.807) is 0 Å². The fourth-order valence-electron chi connectivity index (χ4n) is 1.84. The highest BCUT2D eigenvalue weighted by atomic mass is 79.9. The Labute approximate surface area is 133 Å². The van der Waals surface area contributed by atoms with E-state index in [1.807, 2.05) is 13.8 Å². The summed E-state index contributed by atoms with van der Waals surface area (Å²) in [6.07, 6.45) is 0.567. The van der Waals surface area contributed by atoms with E-state index in [-0.39, 0.29) is 17.2 Å². The molecule has 0 saturated carbocycles. The molecule has 0 unspecified atom stereocenters. The lowest BCUT2D eigenvalue weighted by molar-refractivity contribution is -0.149. The Balaban J connectivity index is 2.82. The molecule has 0 radical (unpaired) electrons. The van der Waals surface area contributed by atoms with Gasteiger partial charge in [-0.05, 0) is 36.8 Å². The number of rotatable bonds is 4. The molecule has 116 valence electrons. The van der Waals surface area contributed by atoms with Gasteiger partial charge < -0.3 is 13.9 Å². The fraction of sp³-hybridized carbons (Fsp3) is 0.867. The van der Waals surface area contributed by atoms with Gasteiger partial charge in [0.15, 0.2) is 14.1 Å². The summed E-state index contributed by atoms with van der Waals surface area (Å²) in [6, 6.07) is 0. The molecule has 20 heavy (non-hydrogen) atoms. The van der Waals surface area contributed by atoms with Crippen LogP contribution in [0.4, 0.5) is 0 Å². The average molecular weight is 363 g/mol. The van der Waals surface area contributed by atoms with Gasteiger partial charge in [-0.15, -0.1) is 0 Å². The van der Waals surface area contributed by atoms with Gasteiger partial charge in [0.2, 0.25) is 0 Å². The first-order valence-electron chi connectivity index (χ1n) is 7.06. The van der Waals surface area contributed by atoms with Gasteiger partial charge in [-0.3, -0.25) is 0 Å². The molecule has 0 amide bonds. The summed E-state index contributed by atoms with van der Waals surface area (Å²) in [5, 5.41) is 0.169. The summed E-state index contributed by atoms with van der Waals surface area (Å²) < 4.78 is 18.1. The van der Waals surface area contributed by atoms with Gasteiger partial charge in [0.1, 0.15) is 6.10 Å². The highest BCUT2D eigenvalue weighted by Crippen LogP contribution is 2.39. The monoisotopic (exact) mass is 362 g/mol. The second-order valence-electron chi connectivity index (χ2n) is 7.26. The molecule has 0 aromatic heterocycles. The second kappa shape index (κ2) is 6.49. The molecule has 0 spiro atoms. The number of ether oxygens (including phenoxy) is 2. The highest BCUT2D eigenvalue weighted by Gasteiger charge is 2.44. The third-order valence-corrected chi connectivity index (χ3v) is 8.85. The smallest absolute Gasteiger partial charge is 0.192 e. The van der Waals surface area contributed by atoms with Crippen molar-refractivity contribution >= 4 is 24.2 Å². The minimum Gasteiger partial charge on any atom is -0.410 e. The molecular weight excluding hydrogens is 336 g/mol. The molecule has 1 aliphatic heterocycles. The van der Waals surface area contributed by atoms with Crippen molar-refractivity contribution < 1.29 is 13.9 Å². The second-order valence-corrected chi connectivity index (χ2v) is 12.4. The van der Waals surface area contributed by atoms with Crippen molar-refractivity contribution in [2.45, 2.75) is 77.2 Å². The molecule has 1 saturated heterocycles. The van der Waals surface area contributed by atoms with Crippen molar-refractivity contribution in [3.63, 3.8) is 0 Å². The third kappa shape index (κ3) is 4.85. The molecule has 0 aromatic rings. The van der Waals surface area contributed by atoms with E-state index < -0.39 is 14.1 Å². The maximum atomic E-state index is 6.49. The lowest BCUT2D eigenvalue weighted by Gasteiger charge is -2.40. The maximum Gasteiger partial charge on any atom is 0.192 e. The van der Waals surface area contributed by atoms with Crippen LogP contribution in [0.5, 0.6) is 0 Å². The normalized spacial score (nSPS) is 24.1. The number of hydrogen-bond donors (Lipinski definition) is 0. The Kier molecular flexibility index (Phi) is 5.90. The van der Waals surface area contributed by atoms with Crippen LogP contribution in [0.1, 0.15) is 41.0 Å². The molecule has 5 heteroatoms. The van der Waals surface area contributed by atoms with Crippen LogP contribution >= 0.6 is 15.9 Å². The summed E-state index contributed by atoms with van der Waals surface area (Å²) in [7, 11) is -1.85. The van der Waals surface area contributed by atoms with Crippen molar-refractivity contribution in [1.29, 1.82) is 0 Å². The van der Waals surface area contributed by atoms with Gasteiger partial charge >= 0.3 is 0 Å². The Morgan fingerprint density at radius 3 is 2.40 bits per heavy atom. The molecule has 3 nitrogen and oxygen atoms in total. The minimum absolute atomic E-state index is 0.0392. The van der Waals surface area contributed by atoms with E-state index in [1.165, 1.54) is 0 Å². The van der Waals surface area contributed by atoms with Gasteiger partial charge in [0.25, 0.3) is 0 Å². The van der Waals surface area contributed by atoms with E-state index in [0.29, 0.717) is 13.0 Å². The van der Waals surface area contributed by atoms with Gasteiger partial charge in [-0.2, -0.15) is 0 Å². The topological polar surface area (TPSA) is 27.7 Å². The van der Waals surface area contributed by atoms with Crippen LogP contribution in [0.3, 0.4) is 0 Å². The Morgan fingerprint density at radius 2 is 2.00 bits per heavy atom. The zero-order valence-corrected chi connectivity index (χ0v) is 16.3. The predicted octanol–water partition coefficient (Wildman–Crippen LogP) is 4.27. The molecular formula is C15H27BrO3Si. The Bertz CT molecular complexity index is 390. The standard InChI is InChI=1S/C15H27BrO3Si/c1-14(2,3)20(6,7)19-12(9-8-10-16)13-11-17-15(4,5)18-13/h12-13H,9,11H2,1-7H3/t12-,13+/m0/s1. The van der Waals surface area contributed by atoms with Gasteiger partial charge in [-0.1, -0.05) is 26.7 Å². The lowest BCUT2D eigenvalue weighted by Crippen LogP contribution is -2.47. The summed E-state index contributed by atoms with van der Waals surface area (Å²) in [4.78, 5) is 2.77. The quantitative estimate of drug-likeness (QED) is 0.551. The average Bonchev–Trinajstić information content (AvgIpc) is 2.63. The van der Waals surface area contributed by atoms with Gasteiger partial charge in [-0.25, -0.2) is 0 Å². The summed E-state index contributed by atoms with van der Waals surface area (Å²) >= 11 is 3.15. The van der Waals surface area contributed by atoms with Crippen LogP contribution < -0.4 is 0 Å². The molecule has 1 heterocycles. The largest absolute Gasteiger partial charge is 0.410 e. The maximum absolute atomic E-state index is 6.49. The van der Waals surface area contributed by atoms with E-state index >= 15 is 0 Å². The van der Waals surface area contributed by atoms with Crippen LogP contribution in [-0.4, -0.2) is 32.9 Å². The van der Waals surface area contributed by atoms with Crippen LogP contribution in [0.25, 0.3) is 0 Å². The first-order valence-corrected chi connectivity index (χ1v) is 10.8. The summed E-state index contributed by atoms with van der Waals surface area (Å²) in [5.41, 5.74) is 0. The highest BCUT2D eigenvalue weighted by molar-refractivity contribution is 9.12. The van der Waals surface area contributed by atoms with Gasteiger partial charge in [0.05, 0.1) is 12.7 Å². The molecule has 0 bridgehead atoms. The molecule has 1 aliphatic rings. The number of halogens is 1. The number of hydrogen-bond acceptors (Lipinski definition) is 3. The minimum atomic E-state index is -1.85.